The number of hydrogen-bond acceptors (Lipinski definition) is 3. The summed E-state index contributed by atoms with van der Waals surface area (Å²) >= 11 is 3.54. The van der Waals surface area contributed by atoms with Crippen molar-refractivity contribution in [1.82, 2.24) is 10.6 Å². The minimum atomic E-state index is -0.540. The highest BCUT2D eigenvalue weighted by Crippen LogP contribution is 2.34. The second-order valence-corrected chi connectivity index (χ2v) is 6.60. The van der Waals surface area contributed by atoms with Crippen molar-refractivity contribution in [1.29, 1.82) is 0 Å². The normalized spacial score (nSPS) is 19.6. The van der Waals surface area contributed by atoms with Crippen molar-refractivity contribution in [2.24, 2.45) is 0 Å². The highest BCUT2D eigenvalue weighted by Gasteiger charge is 2.38. The molecular weight excluding hydrogens is 318 g/mol. The van der Waals surface area contributed by atoms with E-state index in [0.29, 0.717) is 6.54 Å². The van der Waals surface area contributed by atoms with Gasteiger partial charge in [0.1, 0.15) is 5.54 Å². The van der Waals surface area contributed by atoms with Crippen LogP contribution in [-0.2, 0) is 4.79 Å². The molecule has 0 saturated carbocycles. The SMILES string of the molecule is CNC(C)c1ccc(Br)cc1N1CCNC(=O)C1(C)C. The summed E-state index contributed by atoms with van der Waals surface area (Å²) in [7, 11) is 1.95. The number of amides is 1. The number of carbonyl (C=O) groups excluding carboxylic acids is 1. The molecule has 2 rings (SSSR count). The average molecular weight is 340 g/mol. The quantitative estimate of drug-likeness (QED) is 0.888. The van der Waals surface area contributed by atoms with E-state index in [9.17, 15) is 4.79 Å². The summed E-state index contributed by atoms with van der Waals surface area (Å²) in [6.07, 6.45) is 0. The zero-order chi connectivity index (χ0) is 14.9. The van der Waals surface area contributed by atoms with Crippen molar-refractivity contribution in [3.8, 4) is 0 Å². The maximum absolute atomic E-state index is 12.2. The minimum Gasteiger partial charge on any atom is -0.355 e. The van der Waals surface area contributed by atoms with Crippen molar-refractivity contribution in [2.45, 2.75) is 32.4 Å². The highest BCUT2D eigenvalue weighted by atomic mass is 79.9. The molecule has 1 unspecified atom stereocenters. The zero-order valence-corrected chi connectivity index (χ0v) is 14.0. The van der Waals surface area contributed by atoms with Gasteiger partial charge in [-0.1, -0.05) is 22.0 Å². The van der Waals surface area contributed by atoms with Crippen LogP contribution in [0.5, 0.6) is 0 Å². The van der Waals surface area contributed by atoms with Crippen LogP contribution in [0.2, 0.25) is 0 Å². The van der Waals surface area contributed by atoms with Crippen LogP contribution in [0.4, 0.5) is 5.69 Å². The number of nitrogens with zero attached hydrogens (tertiary/aromatic N) is 1. The molecule has 1 atom stereocenters. The van der Waals surface area contributed by atoms with Crippen molar-refractivity contribution in [3.05, 3.63) is 28.2 Å². The molecular formula is C15H22BrN3O. The molecule has 1 saturated heterocycles. The molecule has 0 radical (unpaired) electrons. The first-order valence-electron chi connectivity index (χ1n) is 6.90. The standard InChI is InChI=1S/C15H22BrN3O/c1-10(17-4)12-6-5-11(16)9-13(12)19-8-7-18-14(20)15(19,2)3/h5-6,9-10,17H,7-8H2,1-4H3,(H,18,20). The molecule has 1 amide bonds. The molecule has 4 nitrogen and oxygen atoms in total. The Balaban J connectivity index is 2.50. The predicted octanol–water partition coefficient (Wildman–Crippen LogP) is 2.44. The molecule has 0 bridgehead atoms. The van der Waals surface area contributed by atoms with Gasteiger partial charge in [-0.05, 0) is 45.5 Å². The van der Waals surface area contributed by atoms with Crippen LogP contribution in [0.15, 0.2) is 22.7 Å². The van der Waals surface area contributed by atoms with Crippen molar-refractivity contribution in [2.75, 3.05) is 25.0 Å². The largest absolute Gasteiger partial charge is 0.355 e. The van der Waals surface area contributed by atoms with E-state index in [-0.39, 0.29) is 11.9 Å². The van der Waals surface area contributed by atoms with E-state index >= 15 is 0 Å². The Bertz CT molecular complexity index is 516. The highest BCUT2D eigenvalue weighted by molar-refractivity contribution is 9.10. The second kappa shape index (κ2) is 5.74. The van der Waals surface area contributed by atoms with Gasteiger partial charge in [-0.25, -0.2) is 0 Å². The van der Waals surface area contributed by atoms with E-state index in [0.717, 1.165) is 16.7 Å². The molecule has 1 aliphatic rings. The lowest BCUT2D eigenvalue weighted by Gasteiger charge is -2.44. The van der Waals surface area contributed by atoms with Gasteiger partial charge < -0.3 is 15.5 Å². The molecule has 1 aromatic carbocycles. The first-order valence-corrected chi connectivity index (χ1v) is 7.70. The van der Waals surface area contributed by atoms with E-state index in [1.54, 1.807) is 0 Å². The van der Waals surface area contributed by atoms with Crippen LogP contribution in [0.25, 0.3) is 0 Å². The number of rotatable bonds is 3. The topological polar surface area (TPSA) is 44.4 Å². The van der Waals surface area contributed by atoms with Crippen LogP contribution in [-0.4, -0.2) is 31.6 Å². The number of halogens is 1. The second-order valence-electron chi connectivity index (χ2n) is 5.68. The Morgan fingerprint density at radius 2 is 2.15 bits per heavy atom. The van der Waals surface area contributed by atoms with Gasteiger partial charge in [0, 0.05) is 29.3 Å². The van der Waals surface area contributed by atoms with Gasteiger partial charge in [0.2, 0.25) is 5.91 Å². The van der Waals surface area contributed by atoms with E-state index in [1.165, 1.54) is 5.56 Å². The minimum absolute atomic E-state index is 0.0757. The van der Waals surface area contributed by atoms with Crippen LogP contribution < -0.4 is 15.5 Å². The van der Waals surface area contributed by atoms with Crippen LogP contribution in [0.1, 0.15) is 32.4 Å². The molecule has 2 N–H and O–H groups in total. The van der Waals surface area contributed by atoms with E-state index in [2.05, 4.69) is 50.5 Å². The number of benzene rings is 1. The van der Waals surface area contributed by atoms with Gasteiger partial charge in [0.25, 0.3) is 0 Å². The number of anilines is 1. The fourth-order valence-electron chi connectivity index (χ4n) is 2.59. The lowest BCUT2D eigenvalue weighted by molar-refractivity contribution is -0.126. The third-order valence-corrected chi connectivity index (χ3v) is 4.53. The molecule has 0 spiro atoms. The van der Waals surface area contributed by atoms with Crippen molar-refractivity contribution >= 4 is 27.5 Å². The molecule has 5 heteroatoms. The van der Waals surface area contributed by atoms with Gasteiger partial charge in [-0.3, -0.25) is 4.79 Å². The fourth-order valence-corrected chi connectivity index (χ4v) is 2.94. The molecule has 1 aliphatic heterocycles. The van der Waals surface area contributed by atoms with Gasteiger partial charge in [-0.2, -0.15) is 0 Å². The fraction of sp³-hybridized carbons (Fsp3) is 0.533. The Morgan fingerprint density at radius 1 is 1.45 bits per heavy atom. The lowest BCUT2D eigenvalue weighted by atomic mass is 9.95. The van der Waals surface area contributed by atoms with E-state index in [4.69, 9.17) is 0 Å². The van der Waals surface area contributed by atoms with Crippen LogP contribution >= 0.6 is 15.9 Å². The molecule has 110 valence electrons. The summed E-state index contributed by atoms with van der Waals surface area (Å²) in [5.74, 6) is 0.0757. The Morgan fingerprint density at radius 3 is 2.80 bits per heavy atom. The average Bonchev–Trinajstić information content (AvgIpc) is 2.41. The summed E-state index contributed by atoms with van der Waals surface area (Å²) < 4.78 is 1.03. The zero-order valence-electron chi connectivity index (χ0n) is 12.5. The predicted molar refractivity (Wildman–Crippen MR) is 86.1 cm³/mol. The van der Waals surface area contributed by atoms with E-state index < -0.39 is 5.54 Å². The first kappa shape index (κ1) is 15.3. The van der Waals surface area contributed by atoms with Gasteiger partial charge >= 0.3 is 0 Å². The van der Waals surface area contributed by atoms with E-state index in [1.807, 2.05) is 27.0 Å². The molecule has 1 aromatic rings. The summed E-state index contributed by atoms with van der Waals surface area (Å²) in [5, 5.41) is 6.22. The van der Waals surface area contributed by atoms with Gasteiger partial charge in [0.15, 0.2) is 0 Å². The molecule has 0 aliphatic carbocycles. The first-order chi connectivity index (χ1) is 9.37. The number of hydrogen-bond donors (Lipinski definition) is 2. The van der Waals surface area contributed by atoms with Crippen LogP contribution in [0.3, 0.4) is 0 Å². The monoisotopic (exact) mass is 339 g/mol. The van der Waals surface area contributed by atoms with Crippen molar-refractivity contribution in [3.63, 3.8) is 0 Å². The maximum Gasteiger partial charge on any atom is 0.245 e. The third kappa shape index (κ3) is 2.69. The Kier molecular flexibility index (Phi) is 4.39. The molecule has 1 heterocycles. The third-order valence-electron chi connectivity index (χ3n) is 4.03. The molecule has 0 aromatic heterocycles. The summed E-state index contributed by atoms with van der Waals surface area (Å²) in [5.41, 5.74) is 1.78. The van der Waals surface area contributed by atoms with Crippen LogP contribution in [0, 0.1) is 0 Å². The maximum atomic E-state index is 12.2. The lowest BCUT2D eigenvalue weighted by Crippen LogP contribution is -2.62. The smallest absolute Gasteiger partial charge is 0.245 e. The molecule has 20 heavy (non-hydrogen) atoms. The van der Waals surface area contributed by atoms with Gasteiger partial charge in [0.05, 0.1) is 0 Å². The Hall–Kier alpha value is -1.07. The summed E-state index contributed by atoms with van der Waals surface area (Å²) in [6, 6.07) is 6.50. The number of piperazine rings is 1. The Labute approximate surface area is 129 Å². The number of carbonyl (C=O) groups is 1. The number of nitrogens with one attached hydrogen (secondary N) is 2. The molecule has 1 fully saturated rings. The van der Waals surface area contributed by atoms with Crippen molar-refractivity contribution < 1.29 is 4.79 Å². The summed E-state index contributed by atoms with van der Waals surface area (Å²) in [6.45, 7) is 7.57. The summed E-state index contributed by atoms with van der Waals surface area (Å²) in [4.78, 5) is 14.3. The van der Waals surface area contributed by atoms with Gasteiger partial charge in [-0.15, -0.1) is 0 Å².